The van der Waals surface area contributed by atoms with E-state index in [9.17, 15) is 9.18 Å². The van der Waals surface area contributed by atoms with Crippen molar-refractivity contribution in [2.24, 2.45) is 0 Å². The van der Waals surface area contributed by atoms with Gasteiger partial charge >= 0.3 is 6.03 Å². The molecule has 0 bridgehead atoms. The Kier molecular flexibility index (Phi) is 6.90. The number of anilines is 1. The van der Waals surface area contributed by atoms with Crippen LogP contribution in [-0.4, -0.2) is 91.3 Å². The van der Waals surface area contributed by atoms with Crippen molar-refractivity contribution in [3.63, 3.8) is 0 Å². The molecule has 1 aliphatic heterocycles. The van der Waals surface area contributed by atoms with E-state index in [2.05, 4.69) is 42.4 Å². The maximum atomic E-state index is 14.3. The number of ether oxygens (including phenoxy) is 2. The zero-order valence-electron chi connectivity index (χ0n) is 18.9. The van der Waals surface area contributed by atoms with E-state index < -0.39 is 5.82 Å². The number of aromatic amines is 1. The first kappa shape index (κ1) is 22.7. The molecule has 0 saturated carbocycles. The van der Waals surface area contributed by atoms with Gasteiger partial charge in [-0.25, -0.2) is 19.2 Å². The van der Waals surface area contributed by atoms with Gasteiger partial charge in [-0.1, -0.05) is 0 Å². The molecule has 4 rings (SSSR count). The van der Waals surface area contributed by atoms with E-state index in [0.717, 1.165) is 38.9 Å². The molecule has 4 heterocycles. The second-order valence-corrected chi connectivity index (χ2v) is 7.84. The molecule has 3 aromatic heterocycles. The third-order valence-electron chi connectivity index (χ3n) is 5.71. The Morgan fingerprint density at radius 3 is 2.73 bits per heavy atom. The number of hydrogen-bond donors (Lipinski definition) is 3. The molecule has 0 radical (unpaired) electrons. The van der Waals surface area contributed by atoms with Crippen molar-refractivity contribution in [1.29, 1.82) is 0 Å². The average Bonchev–Trinajstić information content (AvgIpc) is 3.23. The van der Waals surface area contributed by atoms with Gasteiger partial charge in [0.2, 0.25) is 5.88 Å². The summed E-state index contributed by atoms with van der Waals surface area (Å²) in [6.45, 7) is 5.44. The van der Waals surface area contributed by atoms with Crippen LogP contribution in [0.4, 0.5) is 15.0 Å². The summed E-state index contributed by atoms with van der Waals surface area (Å²) < 4.78 is 24.8. The number of nitrogens with one attached hydrogen (secondary N) is 3. The molecule has 0 spiro atoms. The minimum atomic E-state index is -0.595. The fraction of sp³-hybridized carbons (Fsp3) is 0.409. The Morgan fingerprint density at radius 2 is 2.00 bits per heavy atom. The number of carbonyl (C=O) groups is 1. The molecule has 3 N–H and O–H groups in total. The van der Waals surface area contributed by atoms with E-state index in [1.54, 1.807) is 18.3 Å². The SMILES string of the molecule is COc1ncc(F)c(OC)c1-c1c[nH]c2nc(NC(=O)NCCN3CCN(C)CC3)ccc12. The predicted octanol–water partition coefficient (Wildman–Crippen LogP) is 2.15. The van der Waals surface area contributed by atoms with Crippen molar-refractivity contribution >= 4 is 22.9 Å². The molecule has 1 saturated heterocycles. The zero-order valence-corrected chi connectivity index (χ0v) is 18.9. The monoisotopic (exact) mass is 457 g/mol. The number of carbonyl (C=O) groups excluding carboxylic acids is 1. The van der Waals surface area contributed by atoms with Gasteiger partial charge < -0.3 is 24.7 Å². The average molecular weight is 458 g/mol. The van der Waals surface area contributed by atoms with Crippen LogP contribution in [0.3, 0.4) is 0 Å². The van der Waals surface area contributed by atoms with Crippen LogP contribution in [0.5, 0.6) is 11.6 Å². The van der Waals surface area contributed by atoms with Crippen molar-refractivity contribution in [3.05, 3.63) is 30.3 Å². The molecule has 0 unspecified atom stereocenters. The number of rotatable bonds is 7. The van der Waals surface area contributed by atoms with Crippen LogP contribution in [0.15, 0.2) is 24.5 Å². The number of nitrogens with zero attached hydrogens (tertiary/aromatic N) is 4. The molecule has 0 aromatic carbocycles. The number of H-pyrrole nitrogens is 1. The molecule has 10 nitrogen and oxygen atoms in total. The van der Waals surface area contributed by atoms with E-state index in [1.165, 1.54) is 14.2 Å². The zero-order chi connectivity index (χ0) is 23.4. The van der Waals surface area contributed by atoms with E-state index >= 15 is 0 Å². The second-order valence-electron chi connectivity index (χ2n) is 7.84. The highest BCUT2D eigenvalue weighted by Gasteiger charge is 2.22. The lowest BCUT2D eigenvalue weighted by molar-refractivity contribution is 0.155. The maximum Gasteiger partial charge on any atom is 0.320 e. The normalized spacial score (nSPS) is 14.9. The molecule has 3 aromatic rings. The molecular formula is C22H28FN7O3. The molecule has 11 heteroatoms. The van der Waals surface area contributed by atoms with Gasteiger partial charge in [0.1, 0.15) is 11.5 Å². The third-order valence-corrected chi connectivity index (χ3v) is 5.71. The van der Waals surface area contributed by atoms with Gasteiger partial charge in [-0.2, -0.15) is 0 Å². The Labute approximate surface area is 191 Å². The van der Waals surface area contributed by atoms with E-state index in [1.807, 2.05) is 0 Å². The van der Waals surface area contributed by atoms with Crippen LogP contribution in [0.2, 0.25) is 0 Å². The van der Waals surface area contributed by atoms with Gasteiger partial charge in [-0.05, 0) is 19.2 Å². The lowest BCUT2D eigenvalue weighted by atomic mass is 10.1. The predicted molar refractivity (Wildman–Crippen MR) is 123 cm³/mol. The Bertz CT molecular complexity index is 1130. The maximum absolute atomic E-state index is 14.3. The van der Waals surface area contributed by atoms with Gasteiger partial charge in [0.05, 0.1) is 26.0 Å². The second kappa shape index (κ2) is 10.0. The topological polar surface area (TPSA) is 108 Å². The van der Waals surface area contributed by atoms with Crippen molar-refractivity contribution in [2.75, 3.05) is 65.9 Å². The fourth-order valence-electron chi connectivity index (χ4n) is 3.89. The van der Waals surface area contributed by atoms with E-state index in [-0.39, 0.29) is 17.7 Å². The van der Waals surface area contributed by atoms with Crippen LogP contribution < -0.4 is 20.1 Å². The minimum absolute atomic E-state index is 0.0321. The first-order valence-electron chi connectivity index (χ1n) is 10.7. The Hall–Kier alpha value is -3.44. The highest BCUT2D eigenvalue weighted by atomic mass is 19.1. The Morgan fingerprint density at radius 1 is 1.21 bits per heavy atom. The van der Waals surface area contributed by atoms with Gasteiger partial charge in [-0.15, -0.1) is 0 Å². The summed E-state index contributed by atoms with van der Waals surface area (Å²) in [6.07, 6.45) is 2.73. The molecular weight excluding hydrogens is 429 g/mol. The van der Waals surface area contributed by atoms with Crippen LogP contribution in [0.25, 0.3) is 22.2 Å². The van der Waals surface area contributed by atoms with Crippen molar-refractivity contribution in [2.45, 2.75) is 0 Å². The highest BCUT2D eigenvalue weighted by molar-refractivity contribution is 5.98. The van der Waals surface area contributed by atoms with Gasteiger partial charge in [0, 0.05) is 56.4 Å². The molecule has 0 aliphatic carbocycles. The minimum Gasteiger partial charge on any atom is -0.493 e. The number of likely N-dealkylation sites (N-methyl/N-ethyl adjacent to an activating group) is 1. The van der Waals surface area contributed by atoms with E-state index in [0.29, 0.717) is 34.5 Å². The first-order chi connectivity index (χ1) is 16.0. The number of halogens is 1. The number of fused-ring (bicyclic) bond motifs is 1. The number of amides is 2. The summed E-state index contributed by atoms with van der Waals surface area (Å²) in [4.78, 5) is 28.4. The molecule has 33 heavy (non-hydrogen) atoms. The standard InChI is InChI=1S/C22H28FN7O3/c1-29-8-10-30(11-9-29)7-6-24-22(31)28-17-5-4-14-15(12-25-20(14)27-17)18-19(32-2)16(23)13-26-21(18)33-3/h4-5,12-13H,6-11H2,1-3H3,(H3,24,25,27,28,31). The summed E-state index contributed by atoms with van der Waals surface area (Å²) in [5, 5.41) is 6.33. The number of methoxy groups -OCH3 is 2. The third kappa shape index (κ3) is 4.99. The summed E-state index contributed by atoms with van der Waals surface area (Å²) >= 11 is 0. The number of aromatic nitrogens is 3. The van der Waals surface area contributed by atoms with Crippen LogP contribution >= 0.6 is 0 Å². The molecule has 1 aliphatic rings. The van der Waals surface area contributed by atoms with Crippen molar-refractivity contribution in [1.82, 2.24) is 30.1 Å². The van der Waals surface area contributed by atoms with Gasteiger partial charge in [0.25, 0.3) is 0 Å². The number of urea groups is 1. The molecule has 1 fully saturated rings. The number of piperazine rings is 1. The molecule has 2 amide bonds. The first-order valence-corrected chi connectivity index (χ1v) is 10.7. The Balaban J connectivity index is 1.44. The van der Waals surface area contributed by atoms with Crippen LogP contribution in [-0.2, 0) is 0 Å². The summed E-state index contributed by atoms with van der Waals surface area (Å²) in [6, 6.07) is 3.16. The smallest absolute Gasteiger partial charge is 0.320 e. The number of hydrogen-bond acceptors (Lipinski definition) is 7. The lowest BCUT2D eigenvalue weighted by Gasteiger charge is -2.32. The van der Waals surface area contributed by atoms with Gasteiger partial charge in [-0.3, -0.25) is 10.2 Å². The summed E-state index contributed by atoms with van der Waals surface area (Å²) in [5.41, 5.74) is 1.53. The van der Waals surface area contributed by atoms with Crippen LogP contribution in [0, 0.1) is 5.82 Å². The van der Waals surface area contributed by atoms with Crippen LogP contribution in [0.1, 0.15) is 0 Å². The van der Waals surface area contributed by atoms with Gasteiger partial charge in [0.15, 0.2) is 11.6 Å². The molecule has 0 atom stereocenters. The quantitative estimate of drug-likeness (QED) is 0.499. The lowest BCUT2D eigenvalue weighted by Crippen LogP contribution is -2.47. The largest absolute Gasteiger partial charge is 0.493 e. The fourth-order valence-corrected chi connectivity index (χ4v) is 3.89. The van der Waals surface area contributed by atoms with E-state index in [4.69, 9.17) is 9.47 Å². The number of pyridine rings is 2. The summed E-state index contributed by atoms with van der Waals surface area (Å²) in [7, 11) is 4.96. The summed E-state index contributed by atoms with van der Waals surface area (Å²) in [5.74, 6) is 0.0622. The highest BCUT2D eigenvalue weighted by Crippen LogP contribution is 2.41. The van der Waals surface area contributed by atoms with Crippen molar-refractivity contribution < 1.29 is 18.7 Å². The van der Waals surface area contributed by atoms with Crippen molar-refractivity contribution in [3.8, 4) is 22.8 Å². The molecule has 176 valence electrons.